The zero-order chi connectivity index (χ0) is 14.8. The van der Waals surface area contributed by atoms with Gasteiger partial charge in [0.2, 0.25) is 0 Å². The first-order valence-electron chi connectivity index (χ1n) is 7.13. The van der Waals surface area contributed by atoms with E-state index < -0.39 is 0 Å². The van der Waals surface area contributed by atoms with Crippen molar-refractivity contribution in [2.24, 2.45) is 0 Å². The largest absolute Gasteiger partial charge is 0.490 e. The standard InChI is InChI=1S/C17H14N2O2S/c1-2-6-12(7-3-1)16-17(22-19-18-16)14-8-4-5-9-15(14)21-11-13-10-20-13/h1-9,13H,10-11H2. The predicted molar refractivity (Wildman–Crippen MR) is 86.0 cm³/mol. The first-order chi connectivity index (χ1) is 10.9. The van der Waals surface area contributed by atoms with Gasteiger partial charge in [0.25, 0.3) is 0 Å². The lowest BCUT2D eigenvalue weighted by atomic mass is 10.1. The van der Waals surface area contributed by atoms with Gasteiger partial charge in [-0.2, -0.15) is 0 Å². The molecule has 4 rings (SSSR count). The van der Waals surface area contributed by atoms with Crippen LogP contribution in [0.1, 0.15) is 0 Å². The molecule has 0 radical (unpaired) electrons. The lowest BCUT2D eigenvalue weighted by Gasteiger charge is -2.10. The Hall–Kier alpha value is -2.24. The molecule has 1 aromatic heterocycles. The van der Waals surface area contributed by atoms with Crippen molar-refractivity contribution in [3.63, 3.8) is 0 Å². The summed E-state index contributed by atoms with van der Waals surface area (Å²) in [6.07, 6.45) is 0.237. The molecule has 1 aliphatic rings. The second kappa shape index (κ2) is 5.87. The molecule has 5 heteroatoms. The zero-order valence-corrected chi connectivity index (χ0v) is 12.6. The van der Waals surface area contributed by atoms with Crippen LogP contribution in [-0.2, 0) is 4.74 Å². The van der Waals surface area contributed by atoms with Crippen molar-refractivity contribution >= 4 is 11.5 Å². The first kappa shape index (κ1) is 13.4. The molecule has 0 spiro atoms. The van der Waals surface area contributed by atoms with Gasteiger partial charge in [-0.25, -0.2) is 0 Å². The third-order valence-corrected chi connectivity index (χ3v) is 4.25. The molecule has 1 saturated heterocycles. The fourth-order valence-electron chi connectivity index (χ4n) is 2.28. The number of benzene rings is 2. The van der Waals surface area contributed by atoms with Crippen LogP contribution in [-0.4, -0.2) is 28.9 Å². The predicted octanol–water partition coefficient (Wildman–Crippen LogP) is 3.65. The zero-order valence-electron chi connectivity index (χ0n) is 11.8. The van der Waals surface area contributed by atoms with Crippen molar-refractivity contribution < 1.29 is 9.47 Å². The highest BCUT2D eigenvalue weighted by molar-refractivity contribution is 7.10. The number of epoxide rings is 1. The van der Waals surface area contributed by atoms with Gasteiger partial charge in [-0.1, -0.05) is 47.0 Å². The molecule has 1 fully saturated rings. The SMILES string of the molecule is c1ccc(-c2nnsc2-c2ccccc2OCC2CO2)cc1. The van der Waals surface area contributed by atoms with E-state index in [1.807, 2.05) is 54.6 Å². The highest BCUT2D eigenvalue weighted by Gasteiger charge is 2.24. The average Bonchev–Trinajstić information content (AvgIpc) is 3.28. The number of ether oxygens (including phenoxy) is 2. The van der Waals surface area contributed by atoms with Crippen LogP contribution >= 0.6 is 11.5 Å². The van der Waals surface area contributed by atoms with Crippen molar-refractivity contribution in [2.45, 2.75) is 6.10 Å². The lowest BCUT2D eigenvalue weighted by molar-refractivity contribution is 0.264. The van der Waals surface area contributed by atoms with E-state index in [2.05, 4.69) is 9.59 Å². The average molecular weight is 310 g/mol. The lowest BCUT2D eigenvalue weighted by Crippen LogP contribution is -2.04. The first-order valence-corrected chi connectivity index (χ1v) is 7.91. The van der Waals surface area contributed by atoms with Gasteiger partial charge >= 0.3 is 0 Å². The van der Waals surface area contributed by atoms with Gasteiger partial charge in [0.1, 0.15) is 24.2 Å². The van der Waals surface area contributed by atoms with Crippen LogP contribution in [0.3, 0.4) is 0 Å². The number of para-hydroxylation sites is 1. The Labute approximate surface area is 132 Å². The molecule has 1 atom stereocenters. The molecular formula is C17H14N2O2S. The van der Waals surface area contributed by atoms with E-state index in [-0.39, 0.29) is 6.10 Å². The Morgan fingerprint density at radius 3 is 2.68 bits per heavy atom. The topological polar surface area (TPSA) is 47.5 Å². The Balaban J connectivity index is 1.72. The molecule has 3 aromatic rings. The molecule has 0 bridgehead atoms. The molecule has 1 aliphatic heterocycles. The van der Waals surface area contributed by atoms with Crippen molar-refractivity contribution in [3.8, 4) is 27.4 Å². The molecule has 0 aliphatic carbocycles. The molecule has 2 aromatic carbocycles. The summed E-state index contributed by atoms with van der Waals surface area (Å²) in [7, 11) is 0. The van der Waals surface area contributed by atoms with E-state index in [1.54, 1.807) is 0 Å². The Morgan fingerprint density at radius 2 is 1.86 bits per heavy atom. The second-order valence-electron chi connectivity index (χ2n) is 5.08. The maximum atomic E-state index is 5.90. The molecule has 0 amide bonds. The van der Waals surface area contributed by atoms with Crippen LogP contribution < -0.4 is 4.74 Å². The van der Waals surface area contributed by atoms with Gasteiger partial charge in [-0.05, 0) is 23.7 Å². The minimum Gasteiger partial charge on any atom is -0.490 e. The minimum atomic E-state index is 0.237. The Bertz CT molecular complexity index is 769. The van der Waals surface area contributed by atoms with E-state index in [0.29, 0.717) is 6.61 Å². The summed E-state index contributed by atoms with van der Waals surface area (Å²) in [5, 5.41) is 4.30. The van der Waals surface area contributed by atoms with Crippen LogP contribution in [0.2, 0.25) is 0 Å². The second-order valence-corrected chi connectivity index (χ2v) is 5.83. The molecule has 2 heterocycles. The number of hydrogen-bond donors (Lipinski definition) is 0. The molecule has 0 N–H and O–H groups in total. The van der Waals surface area contributed by atoms with Crippen LogP contribution in [0.5, 0.6) is 5.75 Å². The maximum Gasteiger partial charge on any atom is 0.128 e. The minimum absolute atomic E-state index is 0.237. The fraction of sp³-hybridized carbons (Fsp3) is 0.176. The summed E-state index contributed by atoms with van der Waals surface area (Å²) in [6.45, 7) is 1.38. The highest BCUT2D eigenvalue weighted by atomic mass is 32.1. The van der Waals surface area contributed by atoms with Gasteiger partial charge in [-0.15, -0.1) is 5.10 Å². The number of hydrogen-bond acceptors (Lipinski definition) is 5. The summed E-state index contributed by atoms with van der Waals surface area (Å²) in [5.74, 6) is 0.848. The van der Waals surface area contributed by atoms with Gasteiger partial charge in [0.15, 0.2) is 0 Å². The van der Waals surface area contributed by atoms with Crippen molar-refractivity contribution in [2.75, 3.05) is 13.2 Å². The van der Waals surface area contributed by atoms with Gasteiger partial charge in [-0.3, -0.25) is 0 Å². The monoisotopic (exact) mass is 310 g/mol. The van der Waals surface area contributed by atoms with E-state index in [1.165, 1.54) is 11.5 Å². The summed E-state index contributed by atoms with van der Waals surface area (Å²) < 4.78 is 15.2. The van der Waals surface area contributed by atoms with Gasteiger partial charge in [0.05, 0.1) is 11.5 Å². The van der Waals surface area contributed by atoms with E-state index in [0.717, 1.165) is 34.1 Å². The molecule has 110 valence electrons. The number of nitrogens with zero attached hydrogens (tertiary/aromatic N) is 2. The summed E-state index contributed by atoms with van der Waals surface area (Å²) >= 11 is 1.39. The van der Waals surface area contributed by atoms with Crippen LogP contribution in [0, 0.1) is 0 Å². The third-order valence-electron chi connectivity index (χ3n) is 3.49. The smallest absolute Gasteiger partial charge is 0.128 e. The molecule has 4 nitrogen and oxygen atoms in total. The van der Waals surface area contributed by atoms with Crippen molar-refractivity contribution in [1.82, 2.24) is 9.59 Å². The third kappa shape index (κ3) is 2.73. The number of rotatable bonds is 5. The van der Waals surface area contributed by atoms with Gasteiger partial charge in [0, 0.05) is 11.1 Å². The van der Waals surface area contributed by atoms with E-state index >= 15 is 0 Å². The molecule has 22 heavy (non-hydrogen) atoms. The Morgan fingerprint density at radius 1 is 1.09 bits per heavy atom. The van der Waals surface area contributed by atoms with Crippen LogP contribution in [0.25, 0.3) is 21.7 Å². The Kier molecular flexibility index (Phi) is 3.58. The number of aromatic nitrogens is 2. The fourth-order valence-corrected chi connectivity index (χ4v) is 3.00. The van der Waals surface area contributed by atoms with Crippen molar-refractivity contribution in [3.05, 3.63) is 54.6 Å². The molecule has 1 unspecified atom stereocenters. The van der Waals surface area contributed by atoms with E-state index in [4.69, 9.17) is 9.47 Å². The normalized spacial score (nSPS) is 16.5. The summed E-state index contributed by atoms with van der Waals surface area (Å²) in [6, 6.07) is 18.1. The van der Waals surface area contributed by atoms with Crippen molar-refractivity contribution in [1.29, 1.82) is 0 Å². The van der Waals surface area contributed by atoms with Crippen LogP contribution in [0.15, 0.2) is 54.6 Å². The van der Waals surface area contributed by atoms with Gasteiger partial charge < -0.3 is 9.47 Å². The van der Waals surface area contributed by atoms with Crippen LogP contribution in [0.4, 0.5) is 0 Å². The molecule has 0 saturated carbocycles. The quantitative estimate of drug-likeness (QED) is 0.675. The summed E-state index contributed by atoms with van der Waals surface area (Å²) in [4.78, 5) is 1.03. The highest BCUT2D eigenvalue weighted by Crippen LogP contribution is 2.38. The molecular weight excluding hydrogens is 296 g/mol. The van der Waals surface area contributed by atoms with E-state index in [9.17, 15) is 0 Å². The maximum absolute atomic E-state index is 5.90. The summed E-state index contributed by atoms with van der Waals surface area (Å²) in [5.41, 5.74) is 2.98.